The Morgan fingerprint density at radius 3 is 2.63 bits per heavy atom. The standard InChI is InChI=1S/C17H17NO/c1-13-10-14(16-8-9-19-18-16)12-17(2,11-13)15-6-4-3-5-7-15/h3-11H,12H2,1-2H3. The summed E-state index contributed by atoms with van der Waals surface area (Å²) < 4.78 is 4.97. The van der Waals surface area contributed by atoms with Gasteiger partial charge in [-0.05, 0) is 24.5 Å². The van der Waals surface area contributed by atoms with Gasteiger partial charge in [-0.3, -0.25) is 0 Å². The van der Waals surface area contributed by atoms with Crippen LogP contribution >= 0.6 is 0 Å². The Morgan fingerprint density at radius 2 is 1.95 bits per heavy atom. The number of benzene rings is 1. The molecule has 0 N–H and O–H groups in total. The second-order valence-corrected chi connectivity index (χ2v) is 5.40. The molecule has 1 atom stereocenters. The summed E-state index contributed by atoms with van der Waals surface area (Å²) in [5.41, 5.74) is 4.81. The first-order valence-corrected chi connectivity index (χ1v) is 6.54. The third kappa shape index (κ3) is 2.26. The van der Waals surface area contributed by atoms with Crippen LogP contribution in [0, 0.1) is 0 Å². The van der Waals surface area contributed by atoms with Crippen molar-refractivity contribution in [2.45, 2.75) is 25.7 Å². The molecule has 0 bridgehead atoms. The summed E-state index contributed by atoms with van der Waals surface area (Å²) in [6.45, 7) is 4.42. The Kier molecular flexibility index (Phi) is 2.86. The predicted octanol–water partition coefficient (Wildman–Crippen LogP) is 4.37. The van der Waals surface area contributed by atoms with Crippen molar-refractivity contribution in [3.8, 4) is 0 Å². The lowest BCUT2D eigenvalue weighted by Gasteiger charge is -2.31. The van der Waals surface area contributed by atoms with E-state index in [9.17, 15) is 0 Å². The van der Waals surface area contributed by atoms with Gasteiger partial charge in [-0.1, -0.05) is 60.1 Å². The van der Waals surface area contributed by atoms with Crippen LogP contribution in [0.2, 0.25) is 0 Å². The average Bonchev–Trinajstić information content (AvgIpc) is 2.93. The highest BCUT2D eigenvalue weighted by Gasteiger charge is 2.29. The summed E-state index contributed by atoms with van der Waals surface area (Å²) in [7, 11) is 0. The molecule has 0 fully saturated rings. The van der Waals surface area contributed by atoms with Gasteiger partial charge >= 0.3 is 0 Å². The third-order valence-corrected chi connectivity index (χ3v) is 3.71. The van der Waals surface area contributed by atoms with E-state index in [1.807, 2.05) is 6.07 Å². The zero-order valence-electron chi connectivity index (χ0n) is 11.3. The minimum Gasteiger partial charge on any atom is -0.364 e. The van der Waals surface area contributed by atoms with Crippen molar-refractivity contribution in [3.05, 3.63) is 71.6 Å². The lowest BCUT2D eigenvalue weighted by atomic mass is 9.72. The van der Waals surface area contributed by atoms with E-state index >= 15 is 0 Å². The predicted molar refractivity (Wildman–Crippen MR) is 76.6 cm³/mol. The van der Waals surface area contributed by atoms with Crippen molar-refractivity contribution in [1.82, 2.24) is 5.16 Å². The van der Waals surface area contributed by atoms with Gasteiger partial charge in [0.05, 0.1) is 0 Å². The van der Waals surface area contributed by atoms with Gasteiger partial charge in [0.1, 0.15) is 12.0 Å². The van der Waals surface area contributed by atoms with Gasteiger partial charge < -0.3 is 4.52 Å². The van der Waals surface area contributed by atoms with Gasteiger partial charge in [-0.15, -0.1) is 0 Å². The fourth-order valence-electron chi connectivity index (χ4n) is 2.86. The molecule has 0 radical (unpaired) electrons. The molecule has 0 amide bonds. The Labute approximate surface area is 113 Å². The van der Waals surface area contributed by atoms with Crippen molar-refractivity contribution in [3.63, 3.8) is 0 Å². The van der Waals surface area contributed by atoms with Gasteiger partial charge in [0.25, 0.3) is 0 Å². The maximum absolute atomic E-state index is 4.97. The van der Waals surface area contributed by atoms with Crippen molar-refractivity contribution in [2.24, 2.45) is 0 Å². The largest absolute Gasteiger partial charge is 0.364 e. The van der Waals surface area contributed by atoms with Gasteiger partial charge in [-0.2, -0.15) is 0 Å². The molecule has 0 saturated heterocycles. The van der Waals surface area contributed by atoms with Crippen LogP contribution in [0.1, 0.15) is 31.5 Å². The average molecular weight is 251 g/mol. The molecular formula is C17H17NO. The Balaban J connectivity index is 2.01. The molecule has 0 saturated carbocycles. The summed E-state index contributed by atoms with van der Waals surface area (Å²) in [6.07, 6.45) is 7.11. The number of allylic oxidation sites excluding steroid dienone is 4. The second kappa shape index (κ2) is 4.54. The summed E-state index contributed by atoms with van der Waals surface area (Å²) >= 11 is 0. The fourth-order valence-corrected chi connectivity index (χ4v) is 2.86. The van der Waals surface area contributed by atoms with E-state index in [-0.39, 0.29) is 5.41 Å². The number of hydrogen-bond donors (Lipinski definition) is 0. The van der Waals surface area contributed by atoms with Gasteiger partial charge in [-0.25, -0.2) is 0 Å². The molecule has 0 spiro atoms. The molecule has 0 aliphatic heterocycles. The molecule has 1 aliphatic rings. The van der Waals surface area contributed by atoms with Crippen LogP contribution in [0.25, 0.3) is 5.57 Å². The first-order chi connectivity index (χ1) is 9.17. The first kappa shape index (κ1) is 12.0. The molecule has 2 nitrogen and oxygen atoms in total. The Morgan fingerprint density at radius 1 is 1.16 bits per heavy atom. The quantitative estimate of drug-likeness (QED) is 0.792. The van der Waals surface area contributed by atoms with E-state index in [4.69, 9.17) is 4.52 Å². The number of nitrogens with zero attached hydrogens (tertiary/aromatic N) is 1. The molecule has 19 heavy (non-hydrogen) atoms. The van der Waals surface area contributed by atoms with Crippen LogP contribution in [0.15, 0.2) is 64.9 Å². The molecule has 96 valence electrons. The second-order valence-electron chi connectivity index (χ2n) is 5.40. The monoisotopic (exact) mass is 251 g/mol. The molecular weight excluding hydrogens is 234 g/mol. The van der Waals surface area contributed by atoms with E-state index in [1.165, 1.54) is 16.7 Å². The highest BCUT2D eigenvalue weighted by Crippen LogP contribution is 2.40. The van der Waals surface area contributed by atoms with Crippen molar-refractivity contribution in [2.75, 3.05) is 0 Å². The maximum Gasteiger partial charge on any atom is 0.124 e. The van der Waals surface area contributed by atoms with Gasteiger partial charge in [0, 0.05) is 11.5 Å². The topological polar surface area (TPSA) is 26.0 Å². The zero-order chi connectivity index (χ0) is 13.3. The minimum absolute atomic E-state index is 0.0222. The smallest absolute Gasteiger partial charge is 0.124 e. The lowest BCUT2D eigenvalue weighted by molar-refractivity contribution is 0.417. The molecule has 3 rings (SSSR count). The van der Waals surface area contributed by atoms with E-state index in [0.29, 0.717) is 0 Å². The molecule has 1 unspecified atom stereocenters. The molecule has 2 heteroatoms. The van der Waals surface area contributed by atoms with Gasteiger partial charge in [0.2, 0.25) is 0 Å². The van der Waals surface area contributed by atoms with Gasteiger partial charge in [0.15, 0.2) is 0 Å². The first-order valence-electron chi connectivity index (χ1n) is 6.54. The fraction of sp³-hybridized carbons (Fsp3) is 0.235. The normalized spacial score (nSPS) is 22.8. The van der Waals surface area contributed by atoms with E-state index in [0.717, 1.165) is 12.1 Å². The summed E-state index contributed by atoms with van der Waals surface area (Å²) in [6, 6.07) is 12.6. The summed E-state index contributed by atoms with van der Waals surface area (Å²) in [5.74, 6) is 0. The Hall–Kier alpha value is -2.09. The number of hydrogen-bond acceptors (Lipinski definition) is 2. The molecule has 1 aromatic heterocycles. The highest BCUT2D eigenvalue weighted by molar-refractivity contribution is 5.69. The zero-order valence-corrected chi connectivity index (χ0v) is 11.3. The molecule has 1 aromatic carbocycles. The van der Waals surface area contributed by atoms with E-state index in [2.05, 4.69) is 61.5 Å². The van der Waals surface area contributed by atoms with Crippen molar-refractivity contribution >= 4 is 5.57 Å². The number of aromatic nitrogens is 1. The number of rotatable bonds is 2. The molecule has 1 heterocycles. The van der Waals surface area contributed by atoms with Crippen LogP contribution in [0.5, 0.6) is 0 Å². The molecule has 2 aromatic rings. The summed E-state index contributed by atoms with van der Waals surface area (Å²) in [5, 5.41) is 4.06. The van der Waals surface area contributed by atoms with Crippen LogP contribution in [0.3, 0.4) is 0 Å². The lowest BCUT2D eigenvalue weighted by Crippen LogP contribution is -2.22. The SMILES string of the molecule is CC1=CC(C)(c2ccccc2)CC(c2ccon2)=C1. The van der Waals surface area contributed by atoms with Crippen molar-refractivity contribution in [1.29, 1.82) is 0 Å². The van der Waals surface area contributed by atoms with E-state index < -0.39 is 0 Å². The van der Waals surface area contributed by atoms with Crippen LogP contribution in [-0.2, 0) is 5.41 Å². The van der Waals surface area contributed by atoms with E-state index in [1.54, 1.807) is 6.26 Å². The maximum atomic E-state index is 4.97. The minimum atomic E-state index is 0.0222. The molecule has 1 aliphatic carbocycles. The van der Waals surface area contributed by atoms with Crippen LogP contribution < -0.4 is 0 Å². The third-order valence-electron chi connectivity index (χ3n) is 3.71. The van der Waals surface area contributed by atoms with Crippen LogP contribution in [0.4, 0.5) is 0 Å². The Bertz CT molecular complexity index is 623. The summed E-state index contributed by atoms with van der Waals surface area (Å²) in [4.78, 5) is 0. The highest BCUT2D eigenvalue weighted by atomic mass is 16.5. The van der Waals surface area contributed by atoms with Crippen LogP contribution in [-0.4, -0.2) is 5.16 Å². The van der Waals surface area contributed by atoms with Crippen molar-refractivity contribution < 1.29 is 4.52 Å².